The Balaban J connectivity index is 1.82. The molecule has 1 aliphatic rings. The van der Waals surface area contributed by atoms with Crippen LogP contribution in [0.15, 0.2) is 17.1 Å². The molecule has 0 saturated carbocycles. The van der Waals surface area contributed by atoms with Gasteiger partial charge < -0.3 is 15.6 Å². The molecule has 1 aromatic rings. The van der Waals surface area contributed by atoms with Gasteiger partial charge in [-0.05, 0) is 50.8 Å². The molecule has 19 heavy (non-hydrogen) atoms. The largest absolute Gasteiger partial charge is 0.352 e. The molecule has 0 aliphatic carbocycles. The lowest BCUT2D eigenvalue weighted by atomic mass is 9.96. The second-order valence-electron chi connectivity index (χ2n) is 5.15. The number of rotatable bonds is 4. The number of carbonyl (C=O) groups is 1. The summed E-state index contributed by atoms with van der Waals surface area (Å²) in [5.74, 6) is 0.545. The van der Waals surface area contributed by atoms with E-state index in [0.29, 0.717) is 23.6 Å². The molecule has 1 atom stereocenters. The highest BCUT2D eigenvalue weighted by molar-refractivity contribution is 5.95. The molecule has 0 aromatic carbocycles. The van der Waals surface area contributed by atoms with Gasteiger partial charge in [-0.1, -0.05) is 0 Å². The van der Waals surface area contributed by atoms with E-state index in [0.717, 1.165) is 19.5 Å². The molecule has 1 amide bonds. The zero-order valence-corrected chi connectivity index (χ0v) is 11.3. The first-order valence-corrected chi connectivity index (χ1v) is 6.85. The predicted molar refractivity (Wildman–Crippen MR) is 74.3 cm³/mol. The fraction of sp³-hybridized carbons (Fsp3) is 0.571. The number of hydrogen-bond acceptors (Lipinski definition) is 3. The molecular formula is C14H21N3O2. The van der Waals surface area contributed by atoms with Crippen molar-refractivity contribution in [1.29, 1.82) is 0 Å². The summed E-state index contributed by atoms with van der Waals surface area (Å²) in [5.41, 5.74) is 1.07. The van der Waals surface area contributed by atoms with E-state index >= 15 is 0 Å². The summed E-state index contributed by atoms with van der Waals surface area (Å²) in [5, 5.41) is 6.29. The normalized spacial score (nSPS) is 19.1. The molecule has 0 spiro atoms. The van der Waals surface area contributed by atoms with Crippen molar-refractivity contribution in [2.75, 3.05) is 19.6 Å². The summed E-state index contributed by atoms with van der Waals surface area (Å²) in [4.78, 5) is 25.6. The summed E-state index contributed by atoms with van der Waals surface area (Å²) in [6.45, 7) is 4.62. The maximum absolute atomic E-state index is 12.0. The van der Waals surface area contributed by atoms with Crippen molar-refractivity contribution < 1.29 is 4.79 Å². The number of nitrogens with one attached hydrogen (secondary N) is 3. The van der Waals surface area contributed by atoms with Crippen LogP contribution in [0, 0.1) is 12.8 Å². The Bertz CT molecular complexity index is 490. The fourth-order valence-corrected chi connectivity index (χ4v) is 2.47. The third kappa shape index (κ3) is 3.92. The number of amides is 1. The molecule has 1 aliphatic heterocycles. The van der Waals surface area contributed by atoms with Gasteiger partial charge in [-0.15, -0.1) is 0 Å². The topological polar surface area (TPSA) is 74.0 Å². The highest BCUT2D eigenvalue weighted by Gasteiger charge is 2.14. The summed E-state index contributed by atoms with van der Waals surface area (Å²) >= 11 is 0. The van der Waals surface area contributed by atoms with E-state index in [-0.39, 0.29) is 11.5 Å². The first-order chi connectivity index (χ1) is 9.16. The minimum atomic E-state index is -0.178. The molecule has 2 heterocycles. The smallest absolute Gasteiger partial charge is 0.253 e. The van der Waals surface area contributed by atoms with Crippen LogP contribution in [0.2, 0.25) is 0 Å². The van der Waals surface area contributed by atoms with Crippen LogP contribution in [0.5, 0.6) is 0 Å². The van der Waals surface area contributed by atoms with Gasteiger partial charge in [0.05, 0.1) is 5.56 Å². The highest BCUT2D eigenvalue weighted by atomic mass is 16.1. The monoisotopic (exact) mass is 263 g/mol. The number of H-pyrrole nitrogens is 1. The Labute approximate surface area is 112 Å². The van der Waals surface area contributed by atoms with Crippen LogP contribution < -0.4 is 16.2 Å². The molecule has 5 heteroatoms. The molecule has 3 N–H and O–H groups in total. The number of aromatic nitrogens is 1. The maximum Gasteiger partial charge on any atom is 0.253 e. The molecular weight excluding hydrogens is 242 g/mol. The van der Waals surface area contributed by atoms with E-state index < -0.39 is 0 Å². The van der Waals surface area contributed by atoms with Crippen LogP contribution in [0.25, 0.3) is 0 Å². The quantitative estimate of drug-likeness (QED) is 0.752. The van der Waals surface area contributed by atoms with Gasteiger partial charge in [0.15, 0.2) is 0 Å². The van der Waals surface area contributed by atoms with E-state index in [1.54, 1.807) is 6.92 Å². The van der Waals surface area contributed by atoms with Gasteiger partial charge in [-0.2, -0.15) is 0 Å². The summed E-state index contributed by atoms with van der Waals surface area (Å²) in [6, 6.07) is 1.44. The molecule has 104 valence electrons. The number of piperidine rings is 1. The van der Waals surface area contributed by atoms with Crippen molar-refractivity contribution in [3.63, 3.8) is 0 Å². The molecule has 1 fully saturated rings. The van der Waals surface area contributed by atoms with Gasteiger partial charge in [0.25, 0.3) is 5.91 Å². The maximum atomic E-state index is 12.0. The Kier molecular flexibility index (Phi) is 4.74. The SMILES string of the molecule is Cc1cc(=O)[nH]cc1C(=O)NCCC1CCCNC1. The van der Waals surface area contributed by atoms with Crippen LogP contribution in [0.1, 0.15) is 35.2 Å². The van der Waals surface area contributed by atoms with Gasteiger partial charge >= 0.3 is 0 Å². The van der Waals surface area contributed by atoms with Crippen LogP contribution in [0.4, 0.5) is 0 Å². The zero-order chi connectivity index (χ0) is 13.7. The lowest BCUT2D eigenvalue weighted by Crippen LogP contribution is -2.33. The third-order valence-electron chi connectivity index (χ3n) is 3.61. The standard InChI is InChI=1S/C14H21N3O2/c1-10-7-13(18)17-9-12(10)14(19)16-6-4-11-3-2-5-15-8-11/h7,9,11,15H,2-6,8H2,1H3,(H,16,19)(H,17,18). The third-order valence-corrected chi connectivity index (χ3v) is 3.61. The average Bonchev–Trinajstić information content (AvgIpc) is 2.39. The molecule has 0 bridgehead atoms. The van der Waals surface area contributed by atoms with Crippen molar-refractivity contribution >= 4 is 5.91 Å². The van der Waals surface area contributed by atoms with E-state index in [1.165, 1.54) is 25.1 Å². The Morgan fingerprint density at radius 2 is 2.37 bits per heavy atom. The zero-order valence-electron chi connectivity index (χ0n) is 11.3. The lowest BCUT2D eigenvalue weighted by molar-refractivity contribution is 0.0949. The average molecular weight is 263 g/mol. The van der Waals surface area contributed by atoms with Crippen LogP contribution in [-0.4, -0.2) is 30.5 Å². The number of aryl methyl sites for hydroxylation is 1. The molecule has 1 unspecified atom stereocenters. The molecule has 2 rings (SSSR count). The first kappa shape index (κ1) is 13.8. The fourth-order valence-electron chi connectivity index (χ4n) is 2.47. The van der Waals surface area contributed by atoms with Crippen LogP contribution in [-0.2, 0) is 0 Å². The molecule has 5 nitrogen and oxygen atoms in total. The van der Waals surface area contributed by atoms with Gasteiger partial charge in [0, 0.05) is 18.8 Å². The van der Waals surface area contributed by atoms with Crippen LogP contribution in [0.3, 0.4) is 0 Å². The molecule has 0 radical (unpaired) electrons. The molecule has 1 saturated heterocycles. The van der Waals surface area contributed by atoms with Crippen LogP contribution >= 0.6 is 0 Å². The van der Waals surface area contributed by atoms with Crippen molar-refractivity contribution in [3.05, 3.63) is 33.7 Å². The van der Waals surface area contributed by atoms with Gasteiger partial charge in [-0.25, -0.2) is 0 Å². The highest BCUT2D eigenvalue weighted by Crippen LogP contribution is 2.13. The van der Waals surface area contributed by atoms with Gasteiger partial charge in [0.1, 0.15) is 0 Å². The summed E-state index contributed by atoms with van der Waals surface area (Å²) < 4.78 is 0. The van der Waals surface area contributed by atoms with Crippen molar-refractivity contribution in [3.8, 4) is 0 Å². The Morgan fingerprint density at radius 3 is 3.05 bits per heavy atom. The Morgan fingerprint density at radius 1 is 1.53 bits per heavy atom. The van der Waals surface area contributed by atoms with Crippen molar-refractivity contribution in [2.24, 2.45) is 5.92 Å². The van der Waals surface area contributed by atoms with E-state index in [2.05, 4.69) is 15.6 Å². The van der Waals surface area contributed by atoms with E-state index in [4.69, 9.17) is 0 Å². The van der Waals surface area contributed by atoms with E-state index in [9.17, 15) is 9.59 Å². The second-order valence-corrected chi connectivity index (χ2v) is 5.15. The lowest BCUT2D eigenvalue weighted by Gasteiger charge is -2.22. The molecule has 1 aromatic heterocycles. The summed E-state index contributed by atoms with van der Waals surface area (Å²) in [7, 11) is 0. The van der Waals surface area contributed by atoms with Crippen molar-refractivity contribution in [1.82, 2.24) is 15.6 Å². The minimum absolute atomic E-state index is 0.113. The number of pyridine rings is 1. The Hall–Kier alpha value is -1.62. The van der Waals surface area contributed by atoms with E-state index in [1.807, 2.05) is 0 Å². The van der Waals surface area contributed by atoms with Gasteiger partial charge in [0.2, 0.25) is 5.56 Å². The summed E-state index contributed by atoms with van der Waals surface area (Å²) in [6.07, 6.45) is 4.94. The predicted octanol–water partition coefficient (Wildman–Crippen LogP) is 0.803. The first-order valence-electron chi connectivity index (χ1n) is 6.85. The van der Waals surface area contributed by atoms with Gasteiger partial charge in [-0.3, -0.25) is 9.59 Å². The van der Waals surface area contributed by atoms with Crippen molar-refractivity contribution in [2.45, 2.75) is 26.2 Å². The number of hydrogen-bond donors (Lipinski definition) is 3. The minimum Gasteiger partial charge on any atom is -0.352 e. The second kappa shape index (κ2) is 6.52. The number of aromatic amines is 1. The number of carbonyl (C=O) groups excluding carboxylic acids is 1.